The van der Waals surface area contributed by atoms with E-state index in [2.05, 4.69) is 10.5 Å². The number of aromatic nitrogens is 1. The average Bonchev–Trinajstić information content (AvgIpc) is 2.37. The number of H-pyrrole nitrogens is 1. The maximum Gasteiger partial charge on any atom is 0.280 e. The lowest BCUT2D eigenvalue weighted by atomic mass is 10.4. The molecule has 1 aromatic heterocycles. The molecule has 0 aliphatic carbocycles. The van der Waals surface area contributed by atoms with E-state index in [0.717, 1.165) is 6.54 Å². The Labute approximate surface area is 63.5 Å². The molecule has 0 radical (unpaired) electrons. The molecule has 0 fully saturated rings. The topological polar surface area (TPSA) is 84.0 Å². The van der Waals surface area contributed by atoms with Crippen molar-refractivity contribution in [3.8, 4) is 0 Å². The number of aromatic amines is 1. The molecule has 0 aliphatic rings. The highest BCUT2D eigenvalue weighted by Crippen LogP contribution is 1.89. The van der Waals surface area contributed by atoms with Crippen LogP contribution in [-0.2, 0) is 6.54 Å². The Kier molecular flexibility index (Phi) is 2.88. The second-order valence-corrected chi connectivity index (χ2v) is 2.14. The van der Waals surface area contributed by atoms with Crippen molar-refractivity contribution in [2.24, 2.45) is 5.73 Å². The lowest BCUT2D eigenvalue weighted by Gasteiger charge is -1.96. The standard InChI is InChI=1S/C6H11N3O2/c7-1-2-8-4-5-3-6(10)9-11-5/h3,8H,1-2,4,7H2,(H,9,10). The maximum atomic E-state index is 10.5. The highest BCUT2D eigenvalue weighted by atomic mass is 16.5. The monoisotopic (exact) mass is 157 g/mol. The molecule has 1 heterocycles. The van der Waals surface area contributed by atoms with Crippen molar-refractivity contribution in [2.45, 2.75) is 6.54 Å². The van der Waals surface area contributed by atoms with Gasteiger partial charge >= 0.3 is 0 Å². The first kappa shape index (κ1) is 8.03. The summed E-state index contributed by atoms with van der Waals surface area (Å²) in [7, 11) is 0. The Morgan fingerprint density at radius 1 is 1.73 bits per heavy atom. The van der Waals surface area contributed by atoms with Crippen molar-refractivity contribution < 1.29 is 4.52 Å². The zero-order valence-corrected chi connectivity index (χ0v) is 6.09. The van der Waals surface area contributed by atoms with E-state index in [4.69, 9.17) is 10.3 Å². The summed E-state index contributed by atoms with van der Waals surface area (Å²) in [5, 5.41) is 5.18. The SMILES string of the molecule is NCCNCc1cc(=O)[nH]o1. The molecule has 0 amide bonds. The van der Waals surface area contributed by atoms with Crippen molar-refractivity contribution in [1.29, 1.82) is 0 Å². The van der Waals surface area contributed by atoms with E-state index >= 15 is 0 Å². The predicted molar refractivity (Wildman–Crippen MR) is 40.1 cm³/mol. The molecular formula is C6H11N3O2. The first-order valence-corrected chi connectivity index (χ1v) is 3.41. The Balaban J connectivity index is 2.33. The van der Waals surface area contributed by atoms with Gasteiger partial charge < -0.3 is 15.6 Å². The molecule has 5 nitrogen and oxygen atoms in total. The quantitative estimate of drug-likeness (QED) is 0.490. The second kappa shape index (κ2) is 3.95. The minimum absolute atomic E-state index is 0.213. The van der Waals surface area contributed by atoms with Crippen LogP contribution in [0.4, 0.5) is 0 Å². The Morgan fingerprint density at radius 3 is 3.09 bits per heavy atom. The van der Waals surface area contributed by atoms with Gasteiger partial charge in [-0.05, 0) is 0 Å². The Morgan fingerprint density at radius 2 is 2.55 bits per heavy atom. The summed E-state index contributed by atoms with van der Waals surface area (Å²) >= 11 is 0. The van der Waals surface area contributed by atoms with Crippen molar-refractivity contribution in [3.63, 3.8) is 0 Å². The first-order valence-electron chi connectivity index (χ1n) is 3.41. The summed E-state index contributed by atoms with van der Waals surface area (Å²) < 4.78 is 4.77. The molecule has 0 atom stereocenters. The fourth-order valence-electron chi connectivity index (χ4n) is 0.722. The van der Waals surface area contributed by atoms with Gasteiger partial charge in [-0.25, -0.2) is 0 Å². The number of nitrogens with two attached hydrogens (primary N) is 1. The fraction of sp³-hybridized carbons (Fsp3) is 0.500. The number of rotatable bonds is 4. The van der Waals surface area contributed by atoms with Gasteiger partial charge in [0.2, 0.25) is 0 Å². The smallest absolute Gasteiger partial charge is 0.280 e. The zero-order valence-electron chi connectivity index (χ0n) is 6.09. The number of hydrogen-bond donors (Lipinski definition) is 3. The van der Waals surface area contributed by atoms with Crippen LogP contribution < -0.4 is 16.6 Å². The van der Waals surface area contributed by atoms with Crippen LogP contribution in [0.5, 0.6) is 0 Å². The van der Waals surface area contributed by atoms with Crippen molar-refractivity contribution >= 4 is 0 Å². The van der Waals surface area contributed by atoms with Crippen molar-refractivity contribution in [3.05, 3.63) is 22.2 Å². The summed E-state index contributed by atoms with van der Waals surface area (Å²) in [6, 6.07) is 1.41. The minimum atomic E-state index is -0.213. The molecule has 5 heteroatoms. The summed E-state index contributed by atoms with van der Waals surface area (Å²) in [6.07, 6.45) is 0. The van der Waals surface area contributed by atoms with Crippen LogP contribution in [0.25, 0.3) is 0 Å². The summed E-state index contributed by atoms with van der Waals surface area (Å²) in [4.78, 5) is 10.5. The molecule has 0 unspecified atom stereocenters. The summed E-state index contributed by atoms with van der Waals surface area (Å²) in [5.41, 5.74) is 5.02. The van der Waals surface area contributed by atoms with Crippen molar-refractivity contribution in [2.75, 3.05) is 13.1 Å². The molecule has 4 N–H and O–H groups in total. The lowest BCUT2D eigenvalue weighted by Crippen LogP contribution is -2.21. The molecule has 0 saturated heterocycles. The van der Waals surface area contributed by atoms with Crippen LogP contribution >= 0.6 is 0 Å². The molecule has 0 bridgehead atoms. The Bertz CT molecular complexity index is 252. The van der Waals surface area contributed by atoms with Gasteiger partial charge in [-0.1, -0.05) is 0 Å². The highest BCUT2D eigenvalue weighted by Gasteiger charge is 1.96. The predicted octanol–water partition coefficient (Wildman–Crippen LogP) is -0.984. The molecule has 1 aromatic rings. The van der Waals surface area contributed by atoms with Crippen LogP contribution in [0, 0.1) is 0 Å². The van der Waals surface area contributed by atoms with E-state index in [-0.39, 0.29) is 5.56 Å². The van der Waals surface area contributed by atoms with Gasteiger partial charge in [0.15, 0.2) is 5.76 Å². The van der Waals surface area contributed by atoms with Gasteiger partial charge in [-0.2, -0.15) is 5.16 Å². The van der Waals surface area contributed by atoms with E-state index in [9.17, 15) is 4.79 Å². The van der Waals surface area contributed by atoms with Gasteiger partial charge in [0, 0.05) is 19.2 Å². The summed E-state index contributed by atoms with van der Waals surface area (Å²) in [6.45, 7) is 1.83. The largest absolute Gasteiger partial charge is 0.382 e. The molecule has 1 rings (SSSR count). The molecule has 0 spiro atoms. The second-order valence-electron chi connectivity index (χ2n) is 2.14. The lowest BCUT2D eigenvalue weighted by molar-refractivity contribution is 0.369. The molecule has 0 aliphatic heterocycles. The van der Waals surface area contributed by atoms with E-state index in [1.165, 1.54) is 6.07 Å². The van der Waals surface area contributed by atoms with E-state index in [0.29, 0.717) is 18.8 Å². The first-order chi connectivity index (χ1) is 5.33. The normalized spacial score (nSPS) is 10.3. The van der Waals surface area contributed by atoms with Crippen LogP contribution in [0.3, 0.4) is 0 Å². The van der Waals surface area contributed by atoms with Crippen LogP contribution in [-0.4, -0.2) is 18.2 Å². The van der Waals surface area contributed by atoms with Gasteiger partial charge in [0.1, 0.15) is 0 Å². The van der Waals surface area contributed by atoms with E-state index < -0.39 is 0 Å². The third-order valence-corrected chi connectivity index (χ3v) is 1.20. The van der Waals surface area contributed by atoms with Gasteiger partial charge in [0.05, 0.1) is 6.54 Å². The van der Waals surface area contributed by atoms with Gasteiger partial charge in [-0.15, -0.1) is 0 Å². The molecule has 62 valence electrons. The molecular weight excluding hydrogens is 146 g/mol. The molecule has 0 saturated carbocycles. The minimum Gasteiger partial charge on any atom is -0.382 e. The van der Waals surface area contributed by atoms with Crippen LogP contribution in [0.15, 0.2) is 15.4 Å². The highest BCUT2D eigenvalue weighted by molar-refractivity contribution is 4.92. The van der Waals surface area contributed by atoms with E-state index in [1.807, 2.05) is 0 Å². The summed E-state index contributed by atoms with van der Waals surface area (Å²) in [5.74, 6) is 0.600. The fourth-order valence-corrected chi connectivity index (χ4v) is 0.722. The van der Waals surface area contributed by atoms with Crippen LogP contribution in [0.2, 0.25) is 0 Å². The molecule has 11 heavy (non-hydrogen) atoms. The maximum absolute atomic E-state index is 10.5. The zero-order chi connectivity index (χ0) is 8.10. The van der Waals surface area contributed by atoms with Gasteiger partial charge in [-0.3, -0.25) is 4.79 Å². The van der Waals surface area contributed by atoms with E-state index in [1.54, 1.807) is 0 Å². The Hall–Kier alpha value is -1.07. The average molecular weight is 157 g/mol. The number of hydrogen-bond acceptors (Lipinski definition) is 4. The third kappa shape index (κ3) is 2.57. The van der Waals surface area contributed by atoms with Crippen LogP contribution in [0.1, 0.15) is 5.76 Å². The number of nitrogens with one attached hydrogen (secondary N) is 2. The van der Waals surface area contributed by atoms with Crippen molar-refractivity contribution in [1.82, 2.24) is 10.5 Å². The molecule has 0 aromatic carbocycles. The van der Waals surface area contributed by atoms with Gasteiger partial charge in [0.25, 0.3) is 5.56 Å². The third-order valence-electron chi connectivity index (χ3n) is 1.20.